The summed E-state index contributed by atoms with van der Waals surface area (Å²) in [5.41, 5.74) is 11.0. The van der Waals surface area contributed by atoms with Crippen LogP contribution in [0.2, 0.25) is 0 Å². The molecule has 11 rings (SSSR count). The lowest BCUT2D eigenvalue weighted by molar-refractivity contribution is 0.796. The predicted octanol–water partition coefficient (Wildman–Crippen LogP) is 11.8. The fourth-order valence-corrected chi connectivity index (χ4v) is 9.94. The SMILES string of the molecule is c1ccc(-n2c3ccc4c(c3c3c5ccccc5ccc32)-c2cc3sc5ccccc5c3cc2C2CC42c2ccccc2)cc1. The zero-order valence-corrected chi connectivity index (χ0v) is 25.3. The average molecular weight is 590 g/mol. The van der Waals surface area contributed by atoms with Crippen LogP contribution in [0.15, 0.2) is 146 Å². The van der Waals surface area contributed by atoms with Gasteiger partial charge in [0.15, 0.2) is 0 Å². The van der Waals surface area contributed by atoms with E-state index in [9.17, 15) is 0 Å². The lowest BCUT2D eigenvalue weighted by atomic mass is 9.73. The number of para-hydroxylation sites is 1. The zero-order chi connectivity index (χ0) is 29.3. The van der Waals surface area contributed by atoms with Crippen LogP contribution in [0.4, 0.5) is 0 Å². The van der Waals surface area contributed by atoms with Gasteiger partial charge in [-0.3, -0.25) is 0 Å². The Morgan fingerprint density at radius 3 is 2.16 bits per heavy atom. The molecule has 0 amide bonds. The molecule has 1 nitrogen and oxygen atoms in total. The quantitative estimate of drug-likeness (QED) is 0.189. The van der Waals surface area contributed by atoms with Crippen molar-refractivity contribution in [3.05, 3.63) is 162 Å². The van der Waals surface area contributed by atoms with E-state index in [4.69, 9.17) is 0 Å². The molecule has 0 bridgehead atoms. The van der Waals surface area contributed by atoms with Crippen molar-refractivity contribution in [1.29, 1.82) is 0 Å². The summed E-state index contributed by atoms with van der Waals surface area (Å²) < 4.78 is 5.23. The minimum atomic E-state index is -0.0109. The van der Waals surface area contributed by atoms with Crippen molar-refractivity contribution in [3.8, 4) is 16.8 Å². The third-order valence-electron chi connectivity index (χ3n) is 10.8. The standard InChI is InChI=1S/C43H27NS/c1-3-12-27(13-4-1)43-25-35(43)31-23-32-30-17-9-10-18-38(30)45-39(32)24-33(31)40-34(43)20-22-37-42(40)41-29-16-8-7-11-26(29)19-21-36(41)44(37)28-14-5-2-6-15-28/h1-24,35H,25H2. The van der Waals surface area contributed by atoms with Gasteiger partial charge in [-0.25, -0.2) is 0 Å². The van der Waals surface area contributed by atoms with Gasteiger partial charge in [0.1, 0.15) is 0 Å². The molecule has 1 fully saturated rings. The summed E-state index contributed by atoms with van der Waals surface area (Å²) in [7, 11) is 0. The van der Waals surface area contributed by atoms with Crippen LogP contribution < -0.4 is 0 Å². The largest absolute Gasteiger partial charge is 0.309 e. The highest BCUT2D eigenvalue weighted by molar-refractivity contribution is 7.25. The normalized spacial score (nSPS) is 18.4. The van der Waals surface area contributed by atoms with Crippen LogP contribution in [-0.2, 0) is 5.41 Å². The van der Waals surface area contributed by atoms with Crippen molar-refractivity contribution < 1.29 is 0 Å². The van der Waals surface area contributed by atoms with Gasteiger partial charge in [0, 0.05) is 42.0 Å². The molecule has 7 aromatic carbocycles. The number of aromatic nitrogens is 1. The maximum Gasteiger partial charge on any atom is 0.0547 e. The molecule has 9 aromatic rings. The number of hydrogen-bond acceptors (Lipinski definition) is 1. The third kappa shape index (κ3) is 3.03. The first-order valence-corrected chi connectivity index (χ1v) is 16.7. The fraction of sp³-hybridized carbons (Fsp3) is 0.0698. The number of benzene rings is 7. The molecule has 2 heteroatoms. The van der Waals surface area contributed by atoms with Gasteiger partial charge >= 0.3 is 0 Å². The molecular weight excluding hydrogens is 563 g/mol. The lowest BCUT2D eigenvalue weighted by Crippen LogP contribution is -2.17. The maximum atomic E-state index is 2.56. The van der Waals surface area contributed by atoms with Crippen LogP contribution in [0, 0.1) is 0 Å². The molecule has 45 heavy (non-hydrogen) atoms. The van der Waals surface area contributed by atoms with Gasteiger partial charge in [-0.2, -0.15) is 0 Å². The summed E-state index contributed by atoms with van der Waals surface area (Å²) in [6.07, 6.45) is 1.15. The molecule has 0 radical (unpaired) electrons. The molecule has 2 unspecified atom stereocenters. The predicted molar refractivity (Wildman–Crippen MR) is 191 cm³/mol. The smallest absolute Gasteiger partial charge is 0.0547 e. The van der Waals surface area contributed by atoms with E-state index in [1.807, 2.05) is 11.3 Å². The molecule has 0 aliphatic heterocycles. The molecule has 0 saturated heterocycles. The van der Waals surface area contributed by atoms with Crippen molar-refractivity contribution in [2.24, 2.45) is 0 Å². The summed E-state index contributed by atoms with van der Waals surface area (Å²) in [6.45, 7) is 0. The molecule has 2 aliphatic carbocycles. The van der Waals surface area contributed by atoms with Crippen molar-refractivity contribution in [1.82, 2.24) is 4.57 Å². The van der Waals surface area contributed by atoms with Gasteiger partial charge in [-0.05, 0) is 93.4 Å². The number of fused-ring (bicyclic) bond motifs is 15. The summed E-state index contributed by atoms with van der Waals surface area (Å²) >= 11 is 1.93. The molecule has 2 heterocycles. The van der Waals surface area contributed by atoms with E-state index in [0.717, 1.165) is 6.42 Å². The van der Waals surface area contributed by atoms with Gasteiger partial charge in [-0.15, -0.1) is 11.3 Å². The van der Waals surface area contributed by atoms with Crippen LogP contribution in [-0.4, -0.2) is 4.57 Å². The maximum absolute atomic E-state index is 2.56. The van der Waals surface area contributed by atoms with Gasteiger partial charge in [0.05, 0.1) is 11.0 Å². The second kappa shape index (κ2) is 8.50. The molecule has 2 aliphatic rings. The number of nitrogens with zero attached hydrogens (tertiary/aromatic N) is 1. The highest BCUT2D eigenvalue weighted by Gasteiger charge is 2.61. The van der Waals surface area contributed by atoms with Gasteiger partial charge in [0.2, 0.25) is 0 Å². The minimum Gasteiger partial charge on any atom is -0.309 e. The van der Waals surface area contributed by atoms with Crippen molar-refractivity contribution in [3.63, 3.8) is 0 Å². The highest BCUT2D eigenvalue weighted by atomic mass is 32.1. The average Bonchev–Trinajstić information content (AvgIpc) is 3.64. The van der Waals surface area contributed by atoms with E-state index in [1.54, 1.807) is 0 Å². The first-order valence-electron chi connectivity index (χ1n) is 15.9. The van der Waals surface area contributed by atoms with Crippen LogP contribution in [0.1, 0.15) is 29.0 Å². The van der Waals surface area contributed by atoms with E-state index in [2.05, 4.69) is 150 Å². The first-order chi connectivity index (χ1) is 22.3. The molecule has 210 valence electrons. The lowest BCUT2D eigenvalue weighted by Gasteiger charge is -2.29. The van der Waals surface area contributed by atoms with Gasteiger partial charge in [-0.1, -0.05) is 103 Å². The van der Waals surface area contributed by atoms with Crippen molar-refractivity contribution in [2.45, 2.75) is 17.8 Å². The number of hydrogen-bond donors (Lipinski definition) is 0. The van der Waals surface area contributed by atoms with Gasteiger partial charge < -0.3 is 4.57 Å². The van der Waals surface area contributed by atoms with E-state index >= 15 is 0 Å². The summed E-state index contributed by atoms with van der Waals surface area (Å²) in [5, 5.41) is 8.11. The Balaban J connectivity index is 1.37. The Bertz CT molecular complexity index is 2680. The Morgan fingerprint density at radius 1 is 0.578 bits per heavy atom. The monoisotopic (exact) mass is 589 g/mol. The summed E-state index contributed by atoms with van der Waals surface area (Å²) in [4.78, 5) is 0. The molecule has 2 aromatic heterocycles. The molecule has 0 N–H and O–H groups in total. The first kappa shape index (κ1) is 24.2. The minimum absolute atomic E-state index is 0.0109. The van der Waals surface area contributed by atoms with E-state index < -0.39 is 0 Å². The van der Waals surface area contributed by atoms with Crippen molar-refractivity contribution >= 4 is 64.1 Å². The summed E-state index contributed by atoms with van der Waals surface area (Å²) in [6, 6.07) is 54.7. The van der Waals surface area contributed by atoms with E-state index in [-0.39, 0.29) is 5.41 Å². The summed E-state index contributed by atoms with van der Waals surface area (Å²) in [5.74, 6) is 0.474. The third-order valence-corrected chi connectivity index (χ3v) is 11.9. The zero-order valence-electron chi connectivity index (χ0n) is 24.5. The topological polar surface area (TPSA) is 4.93 Å². The molecule has 2 atom stereocenters. The van der Waals surface area contributed by atoms with E-state index in [1.165, 1.54) is 86.3 Å². The molecule has 0 spiro atoms. The van der Waals surface area contributed by atoms with E-state index in [0.29, 0.717) is 5.92 Å². The number of thiophene rings is 1. The molecular formula is C43H27NS. The number of rotatable bonds is 2. The van der Waals surface area contributed by atoms with Crippen LogP contribution in [0.3, 0.4) is 0 Å². The second-order valence-electron chi connectivity index (χ2n) is 12.9. The fourth-order valence-electron chi connectivity index (χ4n) is 8.82. The Labute approximate surface area is 264 Å². The Morgan fingerprint density at radius 2 is 1.29 bits per heavy atom. The van der Waals surface area contributed by atoms with Gasteiger partial charge in [0.25, 0.3) is 0 Å². The Hall–Kier alpha value is -5.18. The van der Waals surface area contributed by atoms with Crippen molar-refractivity contribution in [2.75, 3.05) is 0 Å². The molecule has 1 saturated carbocycles. The second-order valence-corrected chi connectivity index (χ2v) is 13.9. The Kier molecular flexibility index (Phi) is 4.57. The van der Waals surface area contributed by atoms with Crippen LogP contribution in [0.5, 0.6) is 0 Å². The van der Waals surface area contributed by atoms with Crippen LogP contribution >= 0.6 is 11.3 Å². The highest BCUT2D eigenvalue weighted by Crippen LogP contribution is 2.71. The van der Waals surface area contributed by atoms with Crippen LogP contribution in [0.25, 0.3) is 69.6 Å².